The van der Waals surface area contributed by atoms with Crippen molar-refractivity contribution in [3.63, 3.8) is 0 Å². The van der Waals surface area contributed by atoms with Gasteiger partial charge in [-0.25, -0.2) is 9.78 Å². The van der Waals surface area contributed by atoms with Crippen LogP contribution in [0.25, 0.3) is 20.8 Å². The molecule has 4 rings (SSSR count). The van der Waals surface area contributed by atoms with E-state index in [9.17, 15) is 18.0 Å². The molecule has 0 saturated heterocycles. The smallest absolute Gasteiger partial charge is 0.475 e. The van der Waals surface area contributed by atoms with Crippen LogP contribution in [-0.2, 0) is 22.6 Å². The minimum Gasteiger partial charge on any atom is -0.475 e. The minimum atomic E-state index is -5.08. The Morgan fingerprint density at radius 2 is 1.93 bits per heavy atom. The highest BCUT2D eigenvalue weighted by atomic mass is 32.1. The first kappa shape index (κ1) is 22.2. The second-order valence-corrected chi connectivity index (χ2v) is 8.59. The molecule has 3 heterocycles. The number of nitrogens with one attached hydrogen (secondary N) is 2. The molecule has 0 bridgehead atoms. The summed E-state index contributed by atoms with van der Waals surface area (Å²) < 4.78 is 32.9. The van der Waals surface area contributed by atoms with Gasteiger partial charge in [0.05, 0.1) is 10.2 Å². The van der Waals surface area contributed by atoms with Crippen LogP contribution in [0, 0.1) is 0 Å². The number of thiophene rings is 1. The molecule has 11 heteroatoms. The van der Waals surface area contributed by atoms with Crippen LogP contribution in [0.2, 0.25) is 0 Å². The summed E-state index contributed by atoms with van der Waals surface area (Å²) in [6.07, 6.45) is -2.94. The molecule has 3 aromatic rings. The number of fused-ring (bicyclic) bond motifs is 2. The number of nitrogens with zero attached hydrogens (tertiary/aromatic N) is 1. The highest BCUT2D eigenvalue weighted by Crippen LogP contribution is 2.44. The van der Waals surface area contributed by atoms with Crippen molar-refractivity contribution in [3.05, 3.63) is 34.7 Å². The first-order chi connectivity index (χ1) is 14.2. The van der Waals surface area contributed by atoms with E-state index in [0.717, 1.165) is 47.0 Å². The van der Waals surface area contributed by atoms with E-state index in [2.05, 4.69) is 16.7 Å². The molecule has 3 N–H and O–H groups in total. The molecule has 0 spiro atoms. The highest BCUT2D eigenvalue weighted by molar-refractivity contribution is 7.22. The van der Waals surface area contributed by atoms with Crippen molar-refractivity contribution < 1.29 is 27.9 Å². The number of carboxylic acids is 1. The van der Waals surface area contributed by atoms with Gasteiger partial charge in [0.2, 0.25) is 5.91 Å². The van der Waals surface area contributed by atoms with Crippen molar-refractivity contribution in [2.45, 2.75) is 32.5 Å². The Labute approximate surface area is 177 Å². The molecule has 0 unspecified atom stereocenters. The molecule has 1 aliphatic rings. The third-order valence-corrected chi connectivity index (χ3v) is 6.40. The highest BCUT2D eigenvalue weighted by Gasteiger charge is 2.38. The number of aromatic nitrogens is 1. The molecule has 0 fully saturated rings. The van der Waals surface area contributed by atoms with Gasteiger partial charge in [0, 0.05) is 23.9 Å². The predicted molar refractivity (Wildman–Crippen MR) is 111 cm³/mol. The number of hydrogen-bond donors (Lipinski definition) is 3. The van der Waals surface area contributed by atoms with Gasteiger partial charge in [-0.05, 0) is 37.1 Å². The molecule has 1 aliphatic heterocycles. The average molecular weight is 457 g/mol. The predicted octanol–water partition coefficient (Wildman–Crippen LogP) is 4.65. The molecule has 0 radical (unpaired) electrons. The molecule has 30 heavy (non-hydrogen) atoms. The number of carbonyl (C=O) groups is 2. The summed E-state index contributed by atoms with van der Waals surface area (Å²) in [5.41, 5.74) is 3.50. The van der Waals surface area contributed by atoms with Crippen molar-refractivity contribution in [2.75, 3.05) is 11.9 Å². The van der Waals surface area contributed by atoms with Gasteiger partial charge < -0.3 is 15.7 Å². The quantitative estimate of drug-likeness (QED) is 0.521. The maximum absolute atomic E-state index is 11.6. The van der Waals surface area contributed by atoms with Gasteiger partial charge in [-0.15, -0.1) is 22.7 Å². The van der Waals surface area contributed by atoms with Crippen molar-refractivity contribution in [1.29, 1.82) is 0 Å². The molecule has 0 aliphatic carbocycles. The van der Waals surface area contributed by atoms with Crippen molar-refractivity contribution in [2.24, 2.45) is 0 Å². The molecule has 160 valence electrons. The Morgan fingerprint density at radius 3 is 2.57 bits per heavy atom. The van der Waals surface area contributed by atoms with E-state index in [0.29, 0.717) is 0 Å². The zero-order valence-electron chi connectivity index (χ0n) is 15.8. The van der Waals surface area contributed by atoms with Crippen molar-refractivity contribution in [1.82, 2.24) is 10.3 Å². The van der Waals surface area contributed by atoms with Crippen molar-refractivity contribution >= 4 is 49.8 Å². The molecule has 1 amide bonds. The van der Waals surface area contributed by atoms with E-state index in [4.69, 9.17) is 14.9 Å². The molecule has 2 aromatic heterocycles. The lowest BCUT2D eigenvalue weighted by molar-refractivity contribution is -0.192. The number of amides is 1. The number of para-hydroxylation sites is 1. The molecular formula is C19H18F3N3O3S2. The Hall–Kier alpha value is -2.50. The number of alkyl halides is 3. The standard InChI is InChI=1S/C17H17N3OS2.C2HF3O2/c1-10(21)19-16-15(11-5-4-8-18-9-14(11)23-16)17-20-12-6-2-3-7-13(12)22-17;3-2(4,5)1(6)7/h2-3,6-7,18H,4-5,8-9H2,1H3,(H,19,21);(H,6,7). The van der Waals surface area contributed by atoms with Crippen LogP contribution in [0.5, 0.6) is 0 Å². The van der Waals surface area contributed by atoms with Crippen LogP contribution in [0.1, 0.15) is 23.8 Å². The monoisotopic (exact) mass is 457 g/mol. The average Bonchev–Trinajstić information content (AvgIpc) is 3.14. The maximum atomic E-state index is 11.6. The van der Waals surface area contributed by atoms with E-state index in [-0.39, 0.29) is 5.91 Å². The van der Waals surface area contributed by atoms with E-state index in [1.807, 2.05) is 18.2 Å². The number of carbonyl (C=O) groups excluding carboxylic acids is 1. The van der Waals surface area contributed by atoms with Crippen LogP contribution >= 0.6 is 22.7 Å². The van der Waals surface area contributed by atoms with Gasteiger partial charge in [0.1, 0.15) is 10.0 Å². The van der Waals surface area contributed by atoms with Crippen LogP contribution in [0.4, 0.5) is 18.2 Å². The van der Waals surface area contributed by atoms with Crippen LogP contribution < -0.4 is 10.6 Å². The lowest BCUT2D eigenvalue weighted by Crippen LogP contribution is -2.21. The second-order valence-electron chi connectivity index (χ2n) is 6.46. The van der Waals surface area contributed by atoms with Gasteiger partial charge in [0.15, 0.2) is 0 Å². The van der Waals surface area contributed by atoms with Crippen LogP contribution in [-0.4, -0.2) is 34.7 Å². The lowest BCUT2D eigenvalue weighted by atomic mass is 10.1. The minimum absolute atomic E-state index is 0.0308. The van der Waals surface area contributed by atoms with Gasteiger partial charge in [0.25, 0.3) is 0 Å². The number of anilines is 1. The molecule has 0 atom stereocenters. The summed E-state index contributed by atoms with van der Waals surface area (Å²) in [7, 11) is 0. The van der Waals surface area contributed by atoms with E-state index in [1.165, 1.54) is 15.1 Å². The third-order valence-electron chi connectivity index (χ3n) is 4.20. The molecule has 0 saturated carbocycles. The SMILES string of the molecule is CC(=O)Nc1sc2c(c1-c1nc3ccccc3s1)CCCNC2.O=C(O)C(F)(F)F. The molecule has 1 aromatic carbocycles. The number of carboxylic acid groups (broad SMARTS) is 1. The van der Waals surface area contributed by atoms with Gasteiger partial charge in [-0.1, -0.05) is 12.1 Å². The Bertz CT molecular complexity index is 1040. The Balaban J connectivity index is 0.000000318. The Kier molecular flexibility index (Phi) is 6.74. The number of rotatable bonds is 2. The fourth-order valence-corrected chi connectivity index (χ4v) is 5.34. The molecular weight excluding hydrogens is 439 g/mol. The summed E-state index contributed by atoms with van der Waals surface area (Å²) in [6, 6.07) is 8.19. The van der Waals surface area contributed by atoms with E-state index >= 15 is 0 Å². The second kappa shape index (κ2) is 9.11. The maximum Gasteiger partial charge on any atom is 0.490 e. The largest absolute Gasteiger partial charge is 0.490 e. The summed E-state index contributed by atoms with van der Waals surface area (Å²) >= 11 is 3.38. The van der Waals surface area contributed by atoms with Gasteiger partial charge >= 0.3 is 12.1 Å². The van der Waals surface area contributed by atoms with Crippen molar-refractivity contribution in [3.8, 4) is 10.6 Å². The van der Waals surface area contributed by atoms with Gasteiger partial charge in [-0.3, -0.25) is 4.79 Å². The summed E-state index contributed by atoms with van der Waals surface area (Å²) in [6.45, 7) is 3.47. The van der Waals surface area contributed by atoms with E-state index < -0.39 is 12.1 Å². The topological polar surface area (TPSA) is 91.3 Å². The number of benzene rings is 1. The summed E-state index contributed by atoms with van der Waals surface area (Å²) in [5.74, 6) is -2.79. The lowest BCUT2D eigenvalue weighted by Gasteiger charge is -2.05. The summed E-state index contributed by atoms with van der Waals surface area (Å²) in [5, 5.41) is 15.5. The van der Waals surface area contributed by atoms with E-state index in [1.54, 1.807) is 29.6 Å². The number of aliphatic carboxylic acids is 1. The normalized spacial score (nSPS) is 13.7. The number of thiazole rings is 1. The first-order valence-electron chi connectivity index (χ1n) is 8.95. The molecule has 6 nitrogen and oxygen atoms in total. The van der Waals surface area contributed by atoms with Crippen LogP contribution in [0.15, 0.2) is 24.3 Å². The fourth-order valence-electron chi connectivity index (χ4n) is 2.96. The van der Waals surface area contributed by atoms with Crippen LogP contribution in [0.3, 0.4) is 0 Å². The Morgan fingerprint density at radius 1 is 1.23 bits per heavy atom. The van der Waals surface area contributed by atoms with Gasteiger partial charge in [-0.2, -0.15) is 13.2 Å². The third kappa shape index (κ3) is 5.15. The fraction of sp³-hybridized carbons (Fsp3) is 0.316. The zero-order chi connectivity index (χ0) is 21.9. The first-order valence-corrected chi connectivity index (χ1v) is 10.6. The number of hydrogen-bond acceptors (Lipinski definition) is 6. The zero-order valence-corrected chi connectivity index (χ0v) is 17.4. The number of halogens is 3. The summed E-state index contributed by atoms with van der Waals surface area (Å²) in [4.78, 5) is 26.6.